The van der Waals surface area contributed by atoms with Gasteiger partial charge in [-0.3, -0.25) is 4.79 Å². The quantitative estimate of drug-likeness (QED) is 0.640. The van der Waals surface area contributed by atoms with Gasteiger partial charge in [0.05, 0.1) is 11.6 Å². The first-order chi connectivity index (χ1) is 12.2. The van der Waals surface area contributed by atoms with Gasteiger partial charge in [-0.05, 0) is 36.4 Å². The molecule has 3 aromatic rings. The number of nitrogens with one attached hydrogen (secondary N) is 1. The Morgan fingerprint density at radius 2 is 1.44 bits per heavy atom. The van der Waals surface area contributed by atoms with E-state index in [1.165, 1.54) is 5.56 Å². The normalized spacial score (nSPS) is 11.8. The lowest BCUT2D eigenvalue weighted by Crippen LogP contribution is -2.29. The molecule has 1 atom stereocenters. The molecule has 1 N–H and O–H groups in total. The minimum Gasteiger partial charge on any atom is -0.341 e. The average Bonchev–Trinajstić information content (AvgIpc) is 2.67. The standard InChI is InChI=1S/C22H21NOS/c1-16-12-14-18(15-13-16)21(17-8-4-3-5-9-17)23-22(24)19-10-6-7-11-20(19)25-2/h3-15,21H,1-2H3,(H,23,24)/t21-/m1/s1. The summed E-state index contributed by atoms with van der Waals surface area (Å²) in [6.07, 6.45) is 1.99. The number of carbonyl (C=O) groups excluding carboxylic acids is 1. The van der Waals surface area contributed by atoms with E-state index in [9.17, 15) is 4.79 Å². The largest absolute Gasteiger partial charge is 0.341 e. The van der Waals surface area contributed by atoms with Gasteiger partial charge in [0.25, 0.3) is 5.91 Å². The van der Waals surface area contributed by atoms with Crippen LogP contribution in [-0.4, -0.2) is 12.2 Å². The summed E-state index contributed by atoms with van der Waals surface area (Å²) in [6, 6.07) is 25.9. The van der Waals surface area contributed by atoms with Gasteiger partial charge in [0, 0.05) is 4.90 Å². The Bertz CT molecular complexity index is 843. The third-order valence-electron chi connectivity index (χ3n) is 4.17. The summed E-state index contributed by atoms with van der Waals surface area (Å²) >= 11 is 1.58. The topological polar surface area (TPSA) is 29.1 Å². The predicted octanol–water partition coefficient (Wildman–Crippen LogP) is 5.24. The fraction of sp³-hybridized carbons (Fsp3) is 0.136. The number of benzene rings is 3. The second-order valence-corrected chi connectivity index (χ2v) is 6.78. The smallest absolute Gasteiger partial charge is 0.253 e. The van der Waals surface area contributed by atoms with Gasteiger partial charge in [0.15, 0.2) is 0 Å². The van der Waals surface area contributed by atoms with Crippen molar-refractivity contribution in [2.45, 2.75) is 17.9 Å². The zero-order chi connectivity index (χ0) is 17.6. The molecule has 0 aliphatic rings. The number of hydrogen-bond donors (Lipinski definition) is 1. The Balaban J connectivity index is 1.95. The van der Waals surface area contributed by atoms with Crippen molar-refractivity contribution in [3.63, 3.8) is 0 Å². The van der Waals surface area contributed by atoms with Crippen molar-refractivity contribution in [3.8, 4) is 0 Å². The van der Waals surface area contributed by atoms with Crippen molar-refractivity contribution in [3.05, 3.63) is 101 Å². The summed E-state index contributed by atoms with van der Waals surface area (Å²) in [5.41, 5.74) is 4.06. The van der Waals surface area contributed by atoms with Crippen LogP contribution in [0.15, 0.2) is 83.8 Å². The highest BCUT2D eigenvalue weighted by Crippen LogP contribution is 2.25. The fourth-order valence-corrected chi connectivity index (χ4v) is 3.40. The maximum absolute atomic E-state index is 12.9. The Morgan fingerprint density at radius 1 is 0.840 bits per heavy atom. The van der Waals surface area contributed by atoms with Crippen LogP contribution in [0, 0.1) is 6.92 Å². The Hall–Kier alpha value is -2.52. The average molecular weight is 347 g/mol. The number of rotatable bonds is 5. The molecule has 0 aliphatic carbocycles. The van der Waals surface area contributed by atoms with Gasteiger partial charge in [-0.2, -0.15) is 0 Å². The molecule has 1 amide bonds. The van der Waals surface area contributed by atoms with Crippen molar-refractivity contribution in [2.24, 2.45) is 0 Å². The van der Waals surface area contributed by atoms with Crippen LogP contribution < -0.4 is 5.32 Å². The Morgan fingerprint density at radius 3 is 2.12 bits per heavy atom. The maximum Gasteiger partial charge on any atom is 0.253 e. The predicted molar refractivity (Wildman–Crippen MR) is 105 cm³/mol. The van der Waals surface area contributed by atoms with E-state index in [4.69, 9.17) is 0 Å². The molecule has 126 valence electrons. The monoisotopic (exact) mass is 347 g/mol. The van der Waals surface area contributed by atoms with Gasteiger partial charge in [-0.15, -0.1) is 11.8 Å². The first-order valence-corrected chi connectivity index (χ1v) is 9.47. The molecule has 0 saturated heterocycles. The molecule has 25 heavy (non-hydrogen) atoms. The molecular weight excluding hydrogens is 326 g/mol. The van der Waals surface area contributed by atoms with Crippen LogP contribution in [0.1, 0.15) is 33.1 Å². The third-order valence-corrected chi connectivity index (χ3v) is 4.97. The van der Waals surface area contributed by atoms with Crippen molar-refractivity contribution < 1.29 is 4.79 Å². The molecule has 0 saturated carbocycles. The minimum absolute atomic E-state index is 0.0561. The zero-order valence-corrected chi connectivity index (χ0v) is 15.2. The fourth-order valence-electron chi connectivity index (χ4n) is 2.80. The number of thioether (sulfide) groups is 1. The van der Waals surface area contributed by atoms with Gasteiger partial charge >= 0.3 is 0 Å². The molecule has 3 aromatic carbocycles. The molecule has 0 unspecified atom stereocenters. The second kappa shape index (κ2) is 8.04. The van der Waals surface area contributed by atoms with Gasteiger partial charge < -0.3 is 5.32 Å². The van der Waals surface area contributed by atoms with E-state index >= 15 is 0 Å². The van der Waals surface area contributed by atoms with Crippen LogP contribution in [0.2, 0.25) is 0 Å². The van der Waals surface area contributed by atoms with Crippen LogP contribution in [-0.2, 0) is 0 Å². The van der Waals surface area contributed by atoms with Crippen LogP contribution in [0.3, 0.4) is 0 Å². The number of aryl methyl sites for hydroxylation is 1. The molecule has 0 spiro atoms. The lowest BCUT2D eigenvalue weighted by atomic mass is 9.97. The van der Waals surface area contributed by atoms with Gasteiger partial charge in [0.1, 0.15) is 0 Å². The molecular formula is C22H21NOS. The highest BCUT2D eigenvalue weighted by Gasteiger charge is 2.19. The summed E-state index contributed by atoms with van der Waals surface area (Å²) in [7, 11) is 0. The number of amides is 1. The van der Waals surface area contributed by atoms with Crippen molar-refractivity contribution in [1.82, 2.24) is 5.32 Å². The molecule has 3 rings (SSSR count). The Kier molecular flexibility index (Phi) is 5.56. The SMILES string of the molecule is CSc1ccccc1C(=O)N[C@H](c1ccccc1)c1ccc(C)cc1. The van der Waals surface area contributed by atoms with Gasteiger partial charge in [0.2, 0.25) is 0 Å². The van der Waals surface area contributed by atoms with Crippen LogP contribution in [0.4, 0.5) is 0 Å². The summed E-state index contributed by atoms with van der Waals surface area (Å²) in [4.78, 5) is 13.9. The van der Waals surface area contributed by atoms with Gasteiger partial charge in [-0.1, -0.05) is 72.3 Å². The number of carbonyl (C=O) groups is 1. The number of hydrogen-bond acceptors (Lipinski definition) is 2. The molecule has 0 aromatic heterocycles. The summed E-state index contributed by atoms with van der Waals surface area (Å²) < 4.78 is 0. The molecule has 0 fully saturated rings. The summed E-state index contributed by atoms with van der Waals surface area (Å²) in [5.74, 6) is -0.0561. The summed E-state index contributed by atoms with van der Waals surface area (Å²) in [6.45, 7) is 2.06. The van der Waals surface area contributed by atoms with E-state index in [1.54, 1.807) is 11.8 Å². The molecule has 2 nitrogen and oxygen atoms in total. The van der Waals surface area contributed by atoms with Crippen molar-refractivity contribution >= 4 is 17.7 Å². The maximum atomic E-state index is 12.9. The van der Waals surface area contributed by atoms with E-state index < -0.39 is 0 Å². The van der Waals surface area contributed by atoms with Crippen LogP contribution in [0.25, 0.3) is 0 Å². The Labute approximate surface area is 153 Å². The van der Waals surface area contributed by atoms with Crippen LogP contribution in [0.5, 0.6) is 0 Å². The summed E-state index contributed by atoms with van der Waals surface area (Å²) in [5, 5.41) is 3.21. The minimum atomic E-state index is -0.177. The van der Waals surface area contributed by atoms with Crippen molar-refractivity contribution in [1.29, 1.82) is 0 Å². The third kappa shape index (κ3) is 4.12. The van der Waals surface area contributed by atoms with E-state index in [1.807, 2.05) is 60.9 Å². The molecule has 3 heteroatoms. The van der Waals surface area contributed by atoms with E-state index in [-0.39, 0.29) is 11.9 Å². The van der Waals surface area contributed by atoms with Crippen LogP contribution >= 0.6 is 11.8 Å². The van der Waals surface area contributed by atoms with E-state index in [0.29, 0.717) is 5.56 Å². The lowest BCUT2D eigenvalue weighted by molar-refractivity contribution is 0.0940. The molecule has 0 aliphatic heterocycles. The highest BCUT2D eigenvalue weighted by molar-refractivity contribution is 7.98. The highest BCUT2D eigenvalue weighted by atomic mass is 32.2. The van der Waals surface area contributed by atoms with Crippen molar-refractivity contribution in [2.75, 3.05) is 6.26 Å². The van der Waals surface area contributed by atoms with E-state index in [0.717, 1.165) is 16.0 Å². The molecule has 0 heterocycles. The first kappa shape index (κ1) is 17.3. The van der Waals surface area contributed by atoms with E-state index in [2.05, 4.69) is 36.5 Å². The lowest BCUT2D eigenvalue weighted by Gasteiger charge is -2.21. The zero-order valence-electron chi connectivity index (χ0n) is 14.4. The second-order valence-electron chi connectivity index (χ2n) is 5.93. The van der Waals surface area contributed by atoms with Gasteiger partial charge in [-0.25, -0.2) is 0 Å². The molecule has 0 radical (unpaired) electrons. The molecule has 0 bridgehead atoms. The first-order valence-electron chi connectivity index (χ1n) is 8.24.